The minimum Gasteiger partial charge on any atom is -0.359 e. The average molecular weight is 381 g/mol. The van der Waals surface area contributed by atoms with Crippen molar-refractivity contribution in [1.82, 2.24) is 25.3 Å². The van der Waals surface area contributed by atoms with Crippen molar-refractivity contribution in [2.75, 3.05) is 66.0 Å². The molecule has 154 valence electrons. The van der Waals surface area contributed by atoms with Crippen molar-refractivity contribution in [3.8, 4) is 0 Å². The normalized spacial score (nSPS) is 19.9. The number of carbonyl (C=O) groups excluding carboxylic acids is 2. The SMILES string of the molecule is CCNC(=NCCN1CCN(C(C)=O)CC1)N1CCC(CC(=O)NC)CC1. The fourth-order valence-corrected chi connectivity index (χ4v) is 3.72. The molecule has 8 heteroatoms. The zero-order chi connectivity index (χ0) is 19.6. The van der Waals surface area contributed by atoms with Gasteiger partial charge >= 0.3 is 0 Å². The lowest BCUT2D eigenvalue weighted by atomic mass is 9.93. The minimum absolute atomic E-state index is 0.138. The lowest BCUT2D eigenvalue weighted by Crippen LogP contribution is -2.49. The van der Waals surface area contributed by atoms with Gasteiger partial charge in [-0.3, -0.25) is 19.5 Å². The molecule has 0 bridgehead atoms. The first kappa shape index (κ1) is 21.5. The molecule has 2 fully saturated rings. The molecule has 0 aromatic rings. The van der Waals surface area contributed by atoms with Crippen molar-refractivity contribution in [3.05, 3.63) is 0 Å². The first-order valence-electron chi connectivity index (χ1n) is 10.2. The monoisotopic (exact) mass is 380 g/mol. The van der Waals surface area contributed by atoms with Gasteiger partial charge in [0.05, 0.1) is 6.54 Å². The summed E-state index contributed by atoms with van der Waals surface area (Å²) in [6, 6.07) is 0. The second kappa shape index (κ2) is 11.1. The van der Waals surface area contributed by atoms with E-state index in [2.05, 4.69) is 27.4 Å². The van der Waals surface area contributed by atoms with Crippen molar-refractivity contribution in [1.29, 1.82) is 0 Å². The van der Waals surface area contributed by atoms with Crippen LogP contribution in [0.5, 0.6) is 0 Å². The summed E-state index contributed by atoms with van der Waals surface area (Å²) in [7, 11) is 1.70. The molecule has 8 nitrogen and oxygen atoms in total. The Morgan fingerprint density at radius 3 is 2.26 bits per heavy atom. The number of guanidine groups is 1. The van der Waals surface area contributed by atoms with Gasteiger partial charge in [0.1, 0.15) is 0 Å². The molecule has 0 saturated carbocycles. The summed E-state index contributed by atoms with van der Waals surface area (Å²) in [6.07, 6.45) is 2.69. The maximum atomic E-state index is 11.6. The van der Waals surface area contributed by atoms with E-state index in [0.717, 1.165) is 77.7 Å². The molecule has 2 rings (SSSR count). The van der Waals surface area contributed by atoms with Crippen LogP contribution >= 0.6 is 0 Å². The molecular weight excluding hydrogens is 344 g/mol. The van der Waals surface area contributed by atoms with Crippen LogP contribution in [0.2, 0.25) is 0 Å². The van der Waals surface area contributed by atoms with Gasteiger partial charge in [-0.1, -0.05) is 0 Å². The highest BCUT2D eigenvalue weighted by Crippen LogP contribution is 2.20. The number of nitrogens with one attached hydrogen (secondary N) is 2. The van der Waals surface area contributed by atoms with Gasteiger partial charge in [-0.05, 0) is 25.7 Å². The molecule has 0 spiro atoms. The molecular formula is C19H36N6O2. The van der Waals surface area contributed by atoms with E-state index < -0.39 is 0 Å². The molecule has 2 aliphatic rings. The smallest absolute Gasteiger partial charge is 0.220 e. The second-order valence-electron chi connectivity index (χ2n) is 7.39. The second-order valence-corrected chi connectivity index (χ2v) is 7.39. The molecule has 0 unspecified atom stereocenters. The Bertz CT molecular complexity index is 508. The van der Waals surface area contributed by atoms with E-state index in [1.54, 1.807) is 14.0 Å². The number of piperidine rings is 1. The average Bonchev–Trinajstić information content (AvgIpc) is 2.68. The molecule has 0 aliphatic carbocycles. The molecule has 2 N–H and O–H groups in total. The van der Waals surface area contributed by atoms with Gasteiger partial charge in [0, 0.05) is 72.8 Å². The summed E-state index contributed by atoms with van der Waals surface area (Å²) < 4.78 is 0. The third kappa shape index (κ3) is 7.01. The van der Waals surface area contributed by atoms with E-state index in [1.807, 2.05) is 4.90 Å². The molecule has 0 atom stereocenters. The number of carbonyl (C=O) groups is 2. The summed E-state index contributed by atoms with van der Waals surface area (Å²) in [5.74, 6) is 1.76. The van der Waals surface area contributed by atoms with Crippen molar-refractivity contribution in [3.63, 3.8) is 0 Å². The van der Waals surface area contributed by atoms with Gasteiger partial charge < -0.3 is 20.4 Å². The fourth-order valence-electron chi connectivity index (χ4n) is 3.72. The van der Waals surface area contributed by atoms with E-state index in [0.29, 0.717) is 12.3 Å². The van der Waals surface area contributed by atoms with Gasteiger partial charge in [0.25, 0.3) is 0 Å². The van der Waals surface area contributed by atoms with Gasteiger partial charge in [-0.25, -0.2) is 0 Å². The number of hydrogen-bond donors (Lipinski definition) is 2. The molecule has 2 amide bonds. The van der Waals surface area contributed by atoms with Crippen molar-refractivity contribution < 1.29 is 9.59 Å². The minimum atomic E-state index is 0.138. The third-order valence-corrected chi connectivity index (χ3v) is 5.50. The Morgan fingerprint density at radius 1 is 1.04 bits per heavy atom. The Balaban J connectivity index is 1.76. The lowest BCUT2D eigenvalue weighted by molar-refractivity contribution is -0.130. The number of piperazine rings is 1. The first-order valence-corrected chi connectivity index (χ1v) is 10.2. The molecule has 2 saturated heterocycles. The summed E-state index contributed by atoms with van der Waals surface area (Å²) in [6.45, 7) is 11.7. The van der Waals surface area contributed by atoms with Gasteiger partial charge in [-0.15, -0.1) is 0 Å². The maximum absolute atomic E-state index is 11.6. The van der Waals surface area contributed by atoms with E-state index >= 15 is 0 Å². The highest BCUT2D eigenvalue weighted by molar-refractivity contribution is 5.80. The Morgan fingerprint density at radius 2 is 1.70 bits per heavy atom. The van der Waals surface area contributed by atoms with Crippen LogP contribution in [-0.4, -0.2) is 98.4 Å². The molecule has 0 aromatic heterocycles. The quantitative estimate of drug-likeness (QED) is 0.499. The molecule has 2 aliphatic heterocycles. The summed E-state index contributed by atoms with van der Waals surface area (Å²) >= 11 is 0. The first-order chi connectivity index (χ1) is 13.0. The van der Waals surface area contributed by atoms with E-state index in [4.69, 9.17) is 4.99 Å². The standard InChI is InChI=1S/C19H36N6O2/c1-4-21-19(25-8-5-17(6-9-25)15-18(27)20-3)22-7-10-23-11-13-24(14-12-23)16(2)26/h17H,4-15H2,1-3H3,(H,20,27)(H,21,22). The predicted octanol–water partition coefficient (Wildman–Crippen LogP) is -0.0359. The Hall–Kier alpha value is -1.83. The van der Waals surface area contributed by atoms with E-state index in [-0.39, 0.29) is 11.8 Å². The van der Waals surface area contributed by atoms with Crippen LogP contribution in [0.3, 0.4) is 0 Å². The Labute approximate surface area is 163 Å². The summed E-state index contributed by atoms with van der Waals surface area (Å²) in [4.78, 5) is 34.4. The van der Waals surface area contributed by atoms with Crippen molar-refractivity contribution >= 4 is 17.8 Å². The fraction of sp³-hybridized carbons (Fsp3) is 0.842. The molecule has 2 heterocycles. The number of rotatable bonds is 6. The van der Waals surface area contributed by atoms with Crippen molar-refractivity contribution in [2.45, 2.75) is 33.1 Å². The van der Waals surface area contributed by atoms with Crippen LogP contribution in [0.15, 0.2) is 4.99 Å². The zero-order valence-corrected chi connectivity index (χ0v) is 17.2. The van der Waals surface area contributed by atoms with Crippen LogP contribution in [0, 0.1) is 5.92 Å². The van der Waals surface area contributed by atoms with Crippen LogP contribution in [0.1, 0.15) is 33.1 Å². The van der Waals surface area contributed by atoms with E-state index in [1.165, 1.54) is 0 Å². The molecule has 0 aromatic carbocycles. The lowest BCUT2D eigenvalue weighted by Gasteiger charge is -2.35. The zero-order valence-electron chi connectivity index (χ0n) is 17.2. The summed E-state index contributed by atoms with van der Waals surface area (Å²) in [5.41, 5.74) is 0. The van der Waals surface area contributed by atoms with Gasteiger partial charge in [-0.2, -0.15) is 0 Å². The van der Waals surface area contributed by atoms with Crippen molar-refractivity contribution in [2.24, 2.45) is 10.9 Å². The van der Waals surface area contributed by atoms with Gasteiger partial charge in [0.15, 0.2) is 5.96 Å². The predicted molar refractivity (Wildman–Crippen MR) is 108 cm³/mol. The number of hydrogen-bond acceptors (Lipinski definition) is 4. The number of likely N-dealkylation sites (tertiary alicyclic amines) is 1. The largest absolute Gasteiger partial charge is 0.359 e. The van der Waals surface area contributed by atoms with E-state index in [9.17, 15) is 9.59 Å². The van der Waals surface area contributed by atoms with Crippen LogP contribution in [0.4, 0.5) is 0 Å². The maximum Gasteiger partial charge on any atom is 0.220 e. The van der Waals surface area contributed by atoms with Crippen LogP contribution in [-0.2, 0) is 9.59 Å². The molecule has 0 radical (unpaired) electrons. The number of aliphatic imine (C=N–C) groups is 1. The Kier molecular flexibility index (Phi) is 8.84. The highest BCUT2D eigenvalue weighted by atomic mass is 16.2. The summed E-state index contributed by atoms with van der Waals surface area (Å²) in [5, 5.41) is 6.12. The van der Waals surface area contributed by atoms with Gasteiger partial charge in [0.2, 0.25) is 11.8 Å². The van der Waals surface area contributed by atoms with Crippen LogP contribution in [0.25, 0.3) is 0 Å². The van der Waals surface area contributed by atoms with Crippen LogP contribution < -0.4 is 10.6 Å². The topological polar surface area (TPSA) is 80.3 Å². The highest BCUT2D eigenvalue weighted by Gasteiger charge is 2.23. The number of amides is 2. The third-order valence-electron chi connectivity index (χ3n) is 5.50. The number of nitrogens with zero attached hydrogens (tertiary/aromatic N) is 4. The molecule has 27 heavy (non-hydrogen) atoms.